The van der Waals surface area contributed by atoms with E-state index in [9.17, 15) is 9.59 Å². The van der Waals surface area contributed by atoms with Gasteiger partial charge in [-0.3, -0.25) is 14.9 Å². The fraction of sp³-hybridized carbons (Fsp3) is 0.391. The molecule has 1 atom stereocenters. The first-order chi connectivity index (χ1) is 14.1. The average molecular weight is 396 g/mol. The Morgan fingerprint density at radius 1 is 1.10 bits per heavy atom. The molecule has 0 fully saturated rings. The Bertz CT molecular complexity index is 823. The monoisotopic (exact) mass is 395 g/mol. The number of ether oxygens (including phenoxy) is 1. The lowest BCUT2D eigenvalue weighted by Crippen LogP contribution is -2.42. The third kappa shape index (κ3) is 5.65. The summed E-state index contributed by atoms with van der Waals surface area (Å²) >= 11 is 0. The standard InChI is InChI=1S/C23H29N3O3/c1-17(2)29-14-8-13-26-22(19-11-6-7-12-20(19)23(26)28)25-16-21(27)24-15-18-9-4-3-5-10-18/h3-7,9-12,17,22,25H,8,13-16H2,1-2H3,(H,24,27)/t22-/m0/s1. The molecule has 2 aromatic rings. The first kappa shape index (κ1) is 21.0. The predicted molar refractivity (Wildman–Crippen MR) is 112 cm³/mol. The molecule has 0 unspecified atom stereocenters. The minimum absolute atomic E-state index is 0.00709. The number of amides is 2. The lowest BCUT2D eigenvalue weighted by atomic mass is 10.1. The van der Waals surface area contributed by atoms with E-state index in [1.807, 2.05) is 68.4 Å². The minimum atomic E-state index is -0.305. The van der Waals surface area contributed by atoms with Crippen molar-refractivity contribution in [1.82, 2.24) is 15.5 Å². The summed E-state index contributed by atoms with van der Waals surface area (Å²) in [6, 6.07) is 17.4. The summed E-state index contributed by atoms with van der Waals surface area (Å²) in [6.07, 6.45) is 0.611. The highest BCUT2D eigenvalue weighted by atomic mass is 16.5. The number of nitrogens with zero attached hydrogens (tertiary/aromatic N) is 1. The van der Waals surface area contributed by atoms with E-state index in [0.29, 0.717) is 25.3 Å². The van der Waals surface area contributed by atoms with Crippen LogP contribution in [0.25, 0.3) is 0 Å². The molecular weight excluding hydrogens is 366 g/mol. The molecule has 0 saturated carbocycles. The van der Waals surface area contributed by atoms with Gasteiger partial charge in [0.2, 0.25) is 5.91 Å². The maximum absolute atomic E-state index is 12.8. The van der Waals surface area contributed by atoms with Gasteiger partial charge in [-0.1, -0.05) is 48.5 Å². The Hall–Kier alpha value is -2.70. The largest absolute Gasteiger partial charge is 0.379 e. The van der Waals surface area contributed by atoms with Crippen LogP contribution in [-0.2, 0) is 16.1 Å². The van der Waals surface area contributed by atoms with Crippen LogP contribution in [0.15, 0.2) is 54.6 Å². The summed E-state index contributed by atoms with van der Waals surface area (Å²) in [5.41, 5.74) is 2.66. The average Bonchev–Trinajstić information content (AvgIpc) is 3.00. The van der Waals surface area contributed by atoms with E-state index in [4.69, 9.17) is 4.74 Å². The lowest BCUT2D eigenvalue weighted by Gasteiger charge is -2.26. The second kappa shape index (κ2) is 10.2. The van der Waals surface area contributed by atoms with E-state index in [0.717, 1.165) is 17.5 Å². The molecule has 0 aromatic heterocycles. The Morgan fingerprint density at radius 2 is 1.83 bits per heavy atom. The van der Waals surface area contributed by atoms with Crippen LogP contribution in [0.4, 0.5) is 0 Å². The van der Waals surface area contributed by atoms with Crippen LogP contribution in [0.1, 0.15) is 47.9 Å². The van der Waals surface area contributed by atoms with E-state index < -0.39 is 0 Å². The van der Waals surface area contributed by atoms with Crippen molar-refractivity contribution >= 4 is 11.8 Å². The Morgan fingerprint density at radius 3 is 2.59 bits per heavy atom. The van der Waals surface area contributed by atoms with Crippen LogP contribution < -0.4 is 10.6 Å². The van der Waals surface area contributed by atoms with Gasteiger partial charge >= 0.3 is 0 Å². The molecule has 1 heterocycles. The van der Waals surface area contributed by atoms with Crippen LogP contribution in [0.2, 0.25) is 0 Å². The number of hydrogen-bond donors (Lipinski definition) is 2. The molecule has 0 saturated heterocycles. The second-order valence-corrected chi connectivity index (χ2v) is 7.40. The van der Waals surface area contributed by atoms with Crippen LogP contribution in [-0.4, -0.2) is 42.5 Å². The summed E-state index contributed by atoms with van der Waals surface area (Å²) in [4.78, 5) is 26.9. The number of carbonyl (C=O) groups excluding carboxylic acids is 2. The molecule has 6 nitrogen and oxygen atoms in total. The minimum Gasteiger partial charge on any atom is -0.379 e. The van der Waals surface area contributed by atoms with Crippen molar-refractivity contribution < 1.29 is 14.3 Å². The highest BCUT2D eigenvalue weighted by Crippen LogP contribution is 2.31. The molecule has 2 aromatic carbocycles. The van der Waals surface area contributed by atoms with Gasteiger partial charge in [0.05, 0.1) is 12.6 Å². The molecule has 0 radical (unpaired) electrons. The van der Waals surface area contributed by atoms with E-state index in [1.54, 1.807) is 4.90 Å². The van der Waals surface area contributed by atoms with Crippen LogP contribution in [0, 0.1) is 0 Å². The van der Waals surface area contributed by atoms with E-state index >= 15 is 0 Å². The van der Waals surface area contributed by atoms with Crippen molar-refractivity contribution in [3.63, 3.8) is 0 Å². The van der Waals surface area contributed by atoms with Gasteiger partial charge in [0, 0.05) is 30.8 Å². The van der Waals surface area contributed by atoms with Crippen molar-refractivity contribution in [2.24, 2.45) is 0 Å². The van der Waals surface area contributed by atoms with Crippen LogP contribution in [0.5, 0.6) is 0 Å². The van der Waals surface area contributed by atoms with Crippen molar-refractivity contribution in [2.45, 2.75) is 39.1 Å². The SMILES string of the molecule is CC(C)OCCCN1C(=O)c2ccccc2[C@H]1NCC(=O)NCc1ccccc1. The molecule has 0 spiro atoms. The molecule has 0 bridgehead atoms. The zero-order valence-corrected chi connectivity index (χ0v) is 17.1. The Kier molecular flexibility index (Phi) is 7.38. The summed E-state index contributed by atoms with van der Waals surface area (Å²) in [5.74, 6) is -0.110. The zero-order chi connectivity index (χ0) is 20.6. The summed E-state index contributed by atoms with van der Waals surface area (Å²) in [6.45, 7) is 5.78. The number of nitrogens with one attached hydrogen (secondary N) is 2. The van der Waals surface area contributed by atoms with Crippen molar-refractivity contribution in [3.05, 3.63) is 71.3 Å². The van der Waals surface area contributed by atoms with Gasteiger partial charge in [0.1, 0.15) is 6.17 Å². The molecule has 1 aliphatic rings. The fourth-order valence-corrected chi connectivity index (χ4v) is 3.42. The van der Waals surface area contributed by atoms with Crippen LogP contribution >= 0.6 is 0 Å². The number of hydrogen-bond acceptors (Lipinski definition) is 4. The van der Waals surface area contributed by atoms with Crippen molar-refractivity contribution in [3.8, 4) is 0 Å². The molecule has 6 heteroatoms. The maximum Gasteiger partial charge on any atom is 0.255 e. The predicted octanol–water partition coefficient (Wildman–Crippen LogP) is 2.86. The highest BCUT2D eigenvalue weighted by molar-refractivity contribution is 5.99. The van der Waals surface area contributed by atoms with Gasteiger partial charge in [-0.2, -0.15) is 0 Å². The third-order valence-corrected chi connectivity index (χ3v) is 4.84. The zero-order valence-electron chi connectivity index (χ0n) is 17.1. The molecule has 3 rings (SSSR count). The second-order valence-electron chi connectivity index (χ2n) is 7.40. The summed E-state index contributed by atoms with van der Waals surface area (Å²) in [5, 5.41) is 6.17. The molecule has 0 aliphatic carbocycles. The third-order valence-electron chi connectivity index (χ3n) is 4.84. The number of carbonyl (C=O) groups is 2. The van der Waals surface area contributed by atoms with E-state index in [1.165, 1.54) is 0 Å². The molecule has 2 amide bonds. The molecule has 1 aliphatic heterocycles. The molecule has 29 heavy (non-hydrogen) atoms. The van der Waals surface area contributed by atoms with Crippen molar-refractivity contribution in [1.29, 1.82) is 0 Å². The highest BCUT2D eigenvalue weighted by Gasteiger charge is 2.35. The molecule has 2 N–H and O–H groups in total. The number of fused-ring (bicyclic) bond motifs is 1. The summed E-state index contributed by atoms with van der Waals surface area (Å²) in [7, 11) is 0. The topological polar surface area (TPSA) is 70.7 Å². The van der Waals surface area contributed by atoms with Gasteiger partial charge in [-0.25, -0.2) is 0 Å². The Labute approximate surface area is 172 Å². The van der Waals surface area contributed by atoms with E-state index in [-0.39, 0.29) is 30.6 Å². The van der Waals surface area contributed by atoms with Gasteiger partial charge in [-0.05, 0) is 31.9 Å². The van der Waals surface area contributed by atoms with E-state index in [2.05, 4.69) is 10.6 Å². The maximum atomic E-state index is 12.8. The Balaban J connectivity index is 1.58. The molecular formula is C23H29N3O3. The fourth-order valence-electron chi connectivity index (χ4n) is 3.42. The van der Waals surface area contributed by atoms with Gasteiger partial charge in [0.25, 0.3) is 5.91 Å². The first-order valence-electron chi connectivity index (χ1n) is 10.1. The normalized spacial score (nSPS) is 15.6. The number of benzene rings is 2. The first-order valence-corrected chi connectivity index (χ1v) is 10.1. The quantitative estimate of drug-likeness (QED) is 0.607. The van der Waals surface area contributed by atoms with Crippen LogP contribution in [0.3, 0.4) is 0 Å². The lowest BCUT2D eigenvalue weighted by molar-refractivity contribution is -0.120. The van der Waals surface area contributed by atoms with Gasteiger partial charge in [-0.15, -0.1) is 0 Å². The molecule has 154 valence electrons. The number of rotatable bonds is 10. The van der Waals surface area contributed by atoms with Crippen molar-refractivity contribution in [2.75, 3.05) is 19.7 Å². The summed E-state index contributed by atoms with van der Waals surface area (Å²) < 4.78 is 5.60. The smallest absolute Gasteiger partial charge is 0.255 e. The van der Waals surface area contributed by atoms with Gasteiger partial charge in [0.15, 0.2) is 0 Å². The van der Waals surface area contributed by atoms with Gasteiger partial charge < -0.3 is 15.0 Å².